The Bertz CT molecular complexity index is 476. The minimum absolute atomic E-state index is 0.336. The van der Waals surface area contributed by atoms with Crippen LogP contribution >= 0.6 is 11.6 Å². The largest absolute Gasteiger partial charge is 0.436 e. The molecule has 0 bridgehead atoms. The molecule has 2 heterocycles. The minimum Gasteiger partial charge on any atom is -0.436 e. The molecule has 7 heteroatoms. The zero-order valence-electron chi connectivity index (χ0n) is 8.09. The number of hydrogen-bond acceptors (Lipinski definition) is 6. The van der Waals surface area contributed by atoms with Gasteiger partial charge in [0.25, 0.3) is 0 Å². The van der Waals surface area contributed by atoms with Gasteiger partial charge in [-0.25, -0.2) is 5.84 Å². The predicted octanol–water partition coefficient (Wildman–Crippen LogP) is 1.60. The third-order valence-corrected chi connectivity index (χ3v) is 1.90. The summed E-state index contributed by atoms with van der Waals surface area (Å²) in [7, 11) is 0. The summed E-state index contributed by atoms with van der Waals surface area (Å²) >= 11 is 5.75. The molecule has 0 atom stereocenters. The van der Waals surface area contributed by atoms with Gasteiger partial charge in [0.15, 0.2) is 5.82 Å². The normalized spacial score (nSPS) is 9.88. The summed E-state index contributed by atoms with van der Waals surface area (Å²) < 4.78 is 5.37. The van der Waals surface area contributed by atoms with E-state index in [0.717, 1.165) is 0 Å². The van der Waals surface area contributed by atoms with Crippen molar-refractivity contribution in [3.8, 4) is 11.6 Å². The fourth-order valence-electron chi connectivity index (χ4n) is 1.02. The fourth-order valence-corrected chi connectivity index (χ4v) is 1.18. The van der Waals surface area contributed by atoms with E-state index in [-0.39, 0.29) is 0 Å². The van der Waals surface area contributed by atoms with Gasteiger partial charge >= 0.3 is 0 Å². The molecule has 0 unspecified atom stereocenters. The van der Waals surface area contributed by atoms with Crippen molar-refractivity contribution in [3.05, 3.63) is 35.6 Å². The van der Waals surface area contributed by atoms with Crippen molar-refractivity contribution in [1.82, 2.24) is 15.2 Å². The second kappa shape index (κ2) is 4.73. The first-order valence-electron chi connectivity index (χ1n) is 4.36. The van der Waals surface area contributed by atoms with Gasteiger partial charge in [0.05, 0.1) is 11.2 Å². The SMILES string of the molecule is NNc1ccc(Oc2cncc(Cl)c2)nn1. The Labute approximate surface area is 96.4 Å². The van der Waals surface area contributed by atoms with E-state index in [1.54, 1.807) is 18.2 Å². The van der Waals surface area contributed by atoms with Gasteiger partial charge in [-0.05, 0) is 6.07 Å². The van der Waals surface area contributed by atoms with E-state index in [1.807, 2.05) is 0 Å². The summed E-state index contributed by atoms with van der Waals surface area (Å²) in [6.07, 6.45) is 3.05. The van der Waals surface area contributed by atoms with Gasteiger partial charge in [-0.15, -0.1) is 10.2 Å². The molecule has 2 aromatic rings. The number of nitrogens with two attached hydrogens (primary N) is 1. The Balaban J connectivity index is 2.14. The number of rotatable bonds is 3. The van der Waals surface area contributed by atoms with Crippen LogP contribution in [0.3, 0.4) is 0 Å². The van der Waals surface area contributed by atoms with E-state index in [2.05, 4.69) is 20.6 Å². The van der Waals surface area contributed by atoms with Crippen LogP contribution in [-0.2, 0) is 0 Å². The molecule has 0 saturated heterocycles. The third-order valence-electron chi connectivity index (χ3n) is 1.69. The summed E-state index contributed by atoms with van der Waals surface area (Å²) in [6, 6.07) is 4.90. The highest BCUT2D eigenvalue weighted by Crippen LogP contribution is 2.21. The molecule has 0 aliphatic rings. The van der Waals surface area contributed by atoms with E-state index in [4.69, 9.17) is 22.2 Å². The summed E-state index contributed by atoms with van der Waals surface area (Å²) in [5.41, 5.74) is 2.36. The van der Waals surface area contributed by atoms with Gasteiger partial charge in [-0.3, -0.25) is 4.98 Å². The lowest BCUT2D eigenvalue weighted by molar-refractivity contribution is 0.453. The molecule has 0 aromatic carbocycles. The number of nitrogens with one attached hydrogen (secondary N) is 1. The molecule has 0 aliphatic carbocycles. The van der Waals surface area contributed by atoms with Crippen molar-refractivity contribution in [2.24, 2.45) is 5.84 Å². The average Bonchev–Trinajstić information content (AvgIpc) is 2.30. The maximum Gasteiger partial charge on any atom is 0.239 e. The second-order valence-electron chi connectivity index (χ2n) is 2.84. The number of anilines is 1. The zero-order valence-corrected chi connectivity index (χ0v) is 8.85. The Kier molecular flexibility index (Phi) is 3.13. The fraction of sp³-hybridized carbons (Fsp3) is 0. The molecule has 0 fully saturated rings. The van der Waals surface area contributed by atoms with Gasteiger partial charge in [-0.2, -0.15) is 0 Å². The van der Waals surface area contributed by atoms with Crippen LogP contribution in [0, 0.1) is 0 Å². The Morgan fingerprint density at radius 2 is 2.12 bits per heavy atom. The van der Waals surface area contributed by atoms with E-state index in [0.29, 0.717) is 22.5 Å². The lowest BCUT2D eigenvalue weighted by Crippen LogP contribution is -2.08. The molecule has 6 nitrogen and oxygen atoms in total. The van der Waals surface area contributed by atoms with Gasteiger partial charge in [0.2, 0.25) is 5.88 Å². The second-order valence-corrected chi connectivity index (χ2v) is 3.28. The molecule has 0 spiro atoms. The van der Waals surface area contributed by atoms with Crippen LogP contribution in [0.15, 0.2) is 30.6 Å². The molecule has 2 rings (SSSR count). The average molecular weight is 238 g/mol. The van der Waals surface area contributed by atoms with Crippen molar-refractivity contribution in [2.45, 2.75) is 0 Å². The van der Waals surface area contributed by atoms with Crippen molar-refractivity contribution >= 4 is 17.4 Å². The monoisotopic (exact) mass is 237 g/mol. The third kappa shape index (κ3) is 2.56. The minimum atomic E-state index is 0.336. The number of aromatic nitrogens is 3. The molecule has 0 radical (unpaired) electrons. The number of ether oxygens (including phenoxy) is 1. The van der Waals surface area contributed by atoms with Crippen molar-refractivity contribution in [2.75, 3.05) is 5.43 Å². The predicted molar refractivity (Wildman–Crippen MR) is 59.2 cm³/mol. The van der Waals surface area contributed by atoms with E-state index in [9.17, 15) is 0 Å². The number of pyridine rings is 1. The standard InChI is InChI=1S/C9H8ClN5O/c10-6-3-7(5-12-4-6)16-9-2-1-8(13-11)14-15-9/h1-5H,11H2,(H,13,14). The van der Waals surface area contributed by atoms with Crippen molar-refractivity contribution in [3.63, 3.8) is 0 Å². The highest BCUT2D eigenvalue weighted by Gasteiger charge is 2.00. The lowest BCUT2D eigenvalue weighted by atomic mass is 10.4. The van der Waals surface area contributed by atoms with Gasteiger partial charge in [0.1, 0.15) is 5.75 Å². The van der Waals surface area contributed by atoms with Gasteiger partial charge in [0, 0.05) is 18.3 Å². The molecule has 16 heavy (non-hydrogen) atoms. The zero-order chi connectivity index (χ0) is 11.4. The molecular weight excluding hydrogens is 230 g/mol. The van der Waals surface area contributed by atoms with Crippen LogP contribution in [0.1, 0.15) is 0 Å². The Morgan fingerprint density at radius 3 is 2.75 bits per heavy atom. The van der Waals surface area contributed by atoms with Crippen molar-refractivity contribution < 1.29 is 4.74 Å². The molecule has 0 aliphatic heterocycles. The van der Waals surface area contributed by atoms with Gasteiger partial charge in [-0.1, -0.05) is 11.6 Å². The number of nitrogen functional groups attached to an aromatic ring is 1. The topological polar surface area (TPSA) is 86.0 Å². The van der Waals surface area contributed by atoms with Crippen LogP contribution in [0.4, 0.5) is 5.82 Å². The van der Waals surface area contributed by atoms with E-state index in [1.165, 1.54) is 12.4 Å². The van der Waals surface area contributed by atoms with Crippen LogP contribution in [-0.4, -0.2) is 15.2 Å². The highest BCUT2D eigenvalue weighted by molar-refractivity contribution is 6.30. The quantitative estimate of drug-likeness (QED) is 0.623. The number of nitrogens with zero attached hydrogens (tertiary/aromatic N) is 3. The van der Waals surface area contributed by atoms with Crippen LogP contribution in [0.5, 0.6) is 11.6 Å². The smallest absolute Gasteiger partial charge is 0.239 e. The molecular formula is C9H8ClN5O. The highest BCUT2D eigenvalue weighted by atomic mass is 35.5. The summed E-state index contributed by atoms with van der Waals surface area (Å²) in [5.74, 6) is 6.44. The number of halogens is 1. The van der Waals surface area contributed by atoms with Gasteiger partial charge < -0.3 is 10.2 Å². The Hall–Kier alpha value is -1.92. The molecule has 0 saturated carbocycles. The first kappa shape index (κ1) is 10.6. The summed E-state index contributed by atoms with van der Waals surface area (Å²) in [6.45, 7) is 0. The molecule has 0 amide bonds. The molecule has 3 N–H and O–H groups in total. The first-order chi connectivity index (χ1) is 7.78. The summed E-state index contributed by atoms with van der Waals surface area (Å²) in [4.78, 5) is 3.88. The first-order valence-corrected chi connectivity index (χ1v) is 4.74. The molecule has 82 valence electrons. The Morgan fingerprint density at radius 1 is 1.25 bits per heavy atom. The van der Waals surface area contributed by atoms with Crippen LogP contribution < -0.4 is 16.0 Å². The maximum absolute atomic E-state index is 5.75. The number of hydrogen-bond donors (Lipinski definition) is 2. The van der Waals surface area contributed by atoms with Crippen LogP contribution in [0.2, 0.25) is 5.02 Å². The maximum atomic E-state index is 5.75. The summed E-state index contributed by atoms with van der Waals surface area (Å²) in [5, 5.41) is 8.03. The van der Waals surface area contributed by atoms with Crippen LogP contribution in [0.25, 0.3) is 0 Å². The lowest BCUT2D eigenvalue weighted by Gasteiger charge is -2.04. The van der Waals surface area contributed by atoms with E-state index >= 15 is 0 Å². The number of hydrazine groups is 1. The van der Waals surface area contributed by atoms with E-state index < -0.39 is 0 Å². The van der Waals surface area contributed by atoms with Crippen molar-refractivity contribution in [1.29, 1.82) is 0 Å². The molecule has 2 aromatic heterocycles.